The van der Waals surface area contributed by atoms with Crippen LogP contribution in [0.5, 0.6) is 0 Å². The smallest absolute Gasteiger partial charge is 0.306 e. The zero-order valence-electron chi connectivity index (χ0n) is 14.9. The standard InChI is InChI=1S/C18H24N2O5/c1-5-14(21)19-10-11-20(15(22)12-19)16-8-6-13(24-16)7-9-17(23)25-18(2,3)4/h5-6,8H,1,7,9-12H2,2-4H3. The zero-order valence-corrected chi connectivity index (χ0v) is 14.9. The molecule has 0 N–H and O–H groups in total. The number of hydrogen-bond acceptors (Lipinski definition) is 5. The van der Waals surface area contributed by atoms with Crippen molar-refractivity contribution in [1.29, 1.82) is 0 Å². The first-order valence-electron chi connectivity index (χ1n) is 8.22. The summed E-state index contributed by atoms with van der Waals surface area (Å²) in [7, 11) is 0. The number of piperazine rings is 1. The first-order valence-corrected chi connectivity index (χ1v) is 8.22. The van der Waals surface area contributed by atoms with Crippen molar-refractivity contribution in [2.24, 2.45) is 0 Å². The fourth-order valence-corrected chi connectivity index (χ4v) is 2.49. The summed E-state index contributed by atoms with van der Waals surface area (Å²) in [5, 5.41) is 0. The van der Waals surface area contributed by atoms with Gasteiger partial charge in [-0.2, -0.15) is 0 Å². The van der Waals surface area contributed by atoms with Crippen LogP contribution >= 0.6 is 0 Å². The summed E-state index contributed by atoms with van der Waals surface area (Å²) in [5.41, 5.74) is -0.514. The Hall–Kier alpha value is -2.57. The van der Waals surface area contributed by atoms with E-state index in [1.54, 1.807) is 12.1 Å². The summed E-state index contributed by atoms with van der Waals surface area (Å²) < 4.78 is 10.9. The molecule has 2 rings (SSSR count). The highest BCUT2D eigenvalue weighted by Crippen LogP contribution is 2.22. The van der Waals surface area contributed by atoms with E-state index < -0.39 is 5.60 Å². The monoisotopic (exact) mass is 348 g/mol. The van der Waals surface area contributed by atoms with Gasteiger partial charge >= 0.3 is 5.97 Å². The molecule has 136 valence electrons. The van der Waals surface area contributed by atoms with Gasteiger partial charge in [0.1, 0.15) is 17.9 Å². The molecule has 25 heavy (non-hydrogen) atoms. The number of carbonyl (C=O) groups is 3. The van der Waals surface area contributed by atoms with E-state index in [0.717, 1.165) is 0 Å². The molecule has 1 saturated heterocycles. The molecule has 0 saturated carbocycles. The van der Waals surface area contributed by atoms with E-state index in [2.05, 4.69) is 6.58 Å². The molecule has 2 amide bonds. The second-order valence-electron chi connectivity index (χ2n) is 6.84. The van der Waals surface area contributed by atoms with Crippen LogP contribution in [-0.4, -0.2) is 47.9 Å². The quantitative estimate of drug-likeness (QED) is 0.600. The lowest BCUT2D eigenvalue weighted by Crippen LogP contribution is -2.52. The van der Waals surface area contributed by atoms with Crippen molar-refractivity contribution < 1.29 is 23.5 Å². The average Bonchev–Trinajstić information content (AvgIpc) is 2.99. The third-order valence-corrected chi connectivity index (χ3v) is 3.62. The van der Waals surface area contributed by atoms with Crippen LogP contribution in [0, 0.1) is 0 Å². The van der Waals surface area contributed by atoms with Crippen molar-refractivity contribution in [1.82, 2.24) is 4.90 Å². The first kappa shape index (κ1) is 18.8. The zero-order chi connectivity index (χ0) is 18.6. The highest BCUT2D eigenvalue weighted by atomic mass is 16.6. The predicted molar refractivity (Wildman–Crippen MR) is 92.0 cm³/mol. The summed E-state index contributed by atoms with van der Waals surface area (Å²) in [6.07, 6.45) is 1.81. The Balaban J connectivity index is 1.91. The predicted octanol–water partition coefficient (Wildman–Crippen LogP) is 1.92. The molecule has 1 fully saturated rings. The van der Waals surface area contributed by atoms with E-state index in [1.165, 1.54) is 15.9 Å². The van der Waals surface area contributed by atoms with E-state index in [0.29, 0.717) is 31.2 Å². The van der Waals surface area contributed by atoms with E-state index >= 15 is 0 Å². The molecule has 0 aliphatic carbocycles. The van der Waals surface area contributed by atoms with Crippen LogP contribution in [0.3, 0.4) is 0 Å². The Morgan fingerprint density at radius 3 is 2.64 bits per heavy atom. The van der Waals surface area contributed by atoms with E-state index in [9.17, 15) is 14.4 Å². The average molecular weight is 348 g/mol. The fourth-order valence-electron chi connectivity index (χ4n) is 2.49. The number of nitrogens with zero attached hydrogens (tertiary/aromatic N) is 2. The van der Waals surface area contributed by atoms with Crippen molar-refractivity contribution in [3.63, 3.8) is 0 Å². The summed E-state index contributed by atoms with van der Waals surface area (Å²) >= 11 is 0. The summed E-state index contributed by atoms with van der Waals surface area (Å²) in [5.74, 6) is 0.270. The van der Waals surface area contributed by atoms with Crippen molar-refractivity contribution in [2.75, 3.05) is 24.5 Å². The topological polar surface area (TPSA) is 80.1 Å². The van der Waals surface area contributed by atoms with E-state index in [4.69, 9.17) is 9.15 Å². The molecular weight excluding hydrogens is 324 g/mol. The van der Waals surface area contributed by atoms with Gasteiger partial charge in [-0.3, -0.25) is 19.3 Å². The third kappa shape index (κ3) is 5.20. The number of anilines is 1. The van der Waals surface area contributed by atoms with Gasteiger partial charge in [0.2, 0.25) is 17.7 Å². The second kappa shape index (κ2) is 7.55. The van der Waals surface area contributed by atoms with Gasteiger partial charge in [0.25, 0.3) is 0 Å². The SMILES string of the molecule is C=CC(=O)N1CCN(c2ccc(CCC(=O)OC(C)(C)C)o2)C(=O)C1. The van der Waals surface area contributed by atoms with E-state index in [1.807, 2.05) is 20.8 Å². The minimum Gasteiger partial charge on any atom is -0.460 e. The Kier molecular flexibility index (Phi) is 5.66. The number of furan rings is 1. The van der Waals surface area contributed by atoms with E-state index in [-0.39, 0.29) is 30.7 Å². The fraction of sp³-hybridized carbons (Fsp3) is 0.500. The van der Waals surface area contributed by atoms with Crippen LogP contribution in [0.4, 0.5) is 5.88 Å². The third-order valence-electron chi connectivity index (χ3n) is 3.62. The lowest BCUT2D eigenvalue weighted by Gasteiger charge is -2.32. The lowest BCUT2D eigenvalue weighted by molar-refractivity contribution is -0.154. The molecule has 0 radical (unpaired) electrons. The Bertz CT molecular complexity index is 671. The number of rotatable bonds is 5. The van der Waals surface area contributed by atoms with Crippen LogP contribution < -0.4 is 4.90 Å². The minimum absolute atomic E-state index is 0.00120. The highest BCUT2D eigenvalue weighted by Gasteiger charge is 2.28. The van der Waals surface area contributed by atoms with Gasteiger partial charge in [0.15, 0.2) is 0 Å². The number of hydrogen-bond donors (Lipinski definition) is 0. The van der Waals surface area contributed by atoms with Crippen LogP contribution in [0.25, 0.3) is 0 Å². The highest BCUT2D eigenvalue weighted by molar-refractivity contribution is 5.98. The maximum atomic E-state index is 12.2. The molecule has 0 unspecified atom stereocenters. The van der Waals surface area contributed by atoms with Crippen LogP contribution in [0.2, 0.25) is 0 Å². The summed E-state index contributed by atoms with van der Waals surface area (Å²) in [6, 6.07) is 3.45. The number of amides is 2. The number of ether oxygens (including phenoxy) is 1. The van der Waals surface area contributed by atoms with Crippen molar-refractivity contribution in [3.8, 4) is 0 Å². The molecular formula is C18H24N2O5. The molecule has 1 aromatic rings. The van der Waals surface area contributed by atoms with Crippen molar-refractivity contribution in [3.05, 3.63) is 30.5 Å². The van der Waals surface area contributed by atoms with Crippen LogP contribution in [0.15, 0.2) is 29.2 Å². The second-order valence-corrected chi connectivity index (χ2v) is 6.84. The first-order chi connectivity index (χ1) is 11.7. The van der Waals surface area contributed by atoms with Crippen LogP contribution in [0.1, 0.15) is 33.0 Å². The largest absolute Gasteiger partial charge is 0.460 e. The molecule has 0 aromatic carbocycles. The van der Waals surface area contributed by atoms with Gasteiger partial charge in [-0.25, -0.2) is 0 Å². The van der Waals surface area contributed by atoms with Gasteiger partial charge in [-0.15, -0.1) is 0 Å². The van der Waals surface area contributed by atoms with Gasteiger partial charge in [0.05, 0.1) is 6.42 Å². The van der Waals surface area contributed by atoms with Gasteiger partial charge in [0, 0.05) is 25.6 Å². The molecule has 0 atom stereocenters. The number of carbonyl (C=O) groups excluding carboxylic acids is 3. The molecule has 1 aliphatic rings. The van der Waals surface area contributed by atoms with Gasteiger partial charge < -0.3 is 14.1 Å². The normalized spacial score (nSPS) is 15.2. The Morgan fingerprint density at radius 1 is 1.32 bits per heavy atom. The van der Waals surface area contributed by atoms with Crippen molar-refractivity contribution in [2.45, 2.75) is 39.2 Å². The molecule has 1 aliphatic heterocycles. The molecule has 1 aromatic heterocycles. The maximum Gasteiger partial charge on any atom is 0.306 e. The minimum atomic E-state index is -0.514. The van der Waals surface area contributed by atoms with Crippen molar-refractivity contribution >= 4 is 23.7 Å². The molecule has 7 nitrogen and oxygen atoms in total. The molecule has 0 spiro atoms. The molecule has 7 heteroatoms. The Labute approximate surface area is 147 Å². The lowest BCUT2D eigenvalue weighted by atomic mass is 10.2. The number of aryl methyl sites for hydroxylation is 1. The Morgan fingerprint density at radius 2 is 2.04 bits per heavy atom. The van der Waals surface area contributed by atoms with Gasteiger partial charge in [-0.05, 0) is 32.9 Å². The number of esters is 1. The summed E-state index contributed by atoms with van der Waals surface area (Å²) in [6.45, 7) is 9.66. The van der Waals surface area contributed by atoms with Crippen LogP contribution in [-0.2, 0) is 25.5 Å². The molecule has 0 bridgehead atoms. The maximum absolute atomic E-state index is 12.2. The van der Waals surface area contributed by atoms with Gasteiger partial charge in [-0.1, -0.05) is 6.58 Å². The molecule has 2 heterocycles. The summed E-state index contributed by atoms with van der Waals surface area (Å²) in [4.78, 5) is 38.5.